The highest BCUT2D eigenvalue weighted by atomic mass is 16.5. The van der Waals surface area contributed by atoms with Gasteiger partial charge in [0.25, 0.3) is 0 Å². The van der Waals surface area contributed by atoms with E-state index >= 15 is 0 Å². The van der Waals surface area contributed by atoms with E-state index in [1.54, 1.807) is 0 Å². The van der Waals surface area contributed by atoms with Gasteiger partial charge in [-0.3, -0.25) is 0 Å². The second-order valence-electron chi connectivity index (χ2n) is 4.41. The van der Waals surface area contributed by atoms with Crippen LogP contribution in [-0.2, 0) is 6.42 Å². The van der Waals surface area contributed by atoms with E-state index in [1.165, 1.54) is 36.9 Å². The minimum atomic E-state index is 0.843. The van der Waals surface area contributed by atoms with Crippen LogP contribution in [0.5, 0.6) is 5.75 Å². The molecule has 2 nitrogen and oxygen atoms in total. The molecule has 0 radical (unpaired) electrons. The van der Waals surface area contributed by atoms with Gasteiger partial charge in [0.1, 0.15) is 5.75 Å². The molecule has 0 unspecified atom stereocenters. The van der Waals surface area contributed by atoms with Gasteiger partial charge < -0.3 is 10.1 Å². The van der Waals surface area contributed by atoms with Crippen molar-refractivity contribution in [2.24, 2.45) is 0 Å². The van der Waals surface area contributed by atoms with E-state index in [9.17, 15) is 0 Å². The average Bonchev–Trinajstić information content (AvgIpc) is 2.76. The Labute approximate surface area is 98.0 Å². The molecule has 0 aliphatic carbocycles. The van der Waals surface area contributed by atoms with Crippen molar-refractivity contribution in [3.05, 3.63) is 23.8 Å². The molecule has 1 heterocycles. The van der Waals surface area contributed by atoms with E-state index in [0.29, 0.717) is 0 Å². The van der Waals surface area contributed by atoms with Crippen molar-refractivity contribution >= 4 is 5.69 Å². The molecule has 1 aliphatic rings. The van der Waals surface area contributed by atoms with Crippen LogP contribution in [0.3, 0.4) is 0 Å². The summed E-state index contributed by atoms with van der Waals surface area (Å²) in [5, 5.41) is 3.48. The predicted octanol–water partition coefficient (Wildman–Crippen LogP) is 3.61. The fourth-order valence-corrected chi connectivity index (χ4v) is 2.08. The van der Waals surface area contributed by atoms with Gasteiger partial charge in [-0.1, -0.05) is 26.2 Å². The summed E-state index contributed by atoms with van der Waals surface area (Å²) in [4.78, 5) is 0. The first kappa shape index (κ1) is 11.3. The molecule has 0 atom stereocenters. The predicted molar refractivity (Wildman–Crippen MR) is 68.3 cm³/mol. The molecular formula is C14H21NO. The maximum atomic E-state index is 5.48. The number of hydrogen-bond donors (Lipinski definition) is 1. The van der Waals surface area contributed by atoms with Crippen LogP contribution in [0.15, 0.2) is 18.2 Å². The molecule has 0 amide bonds. The SMILES string of the molecule is CCCCCCNc1ccc2c(c1)CCO2. The van der Waals surface area contributed by atoms with Crippen molar-refractivity contribution in [3.63, 3.8) is 0 Å². The number of fused-ring (bicyclic) bond motifs is 1. The molecule has 1 aromatic carbocycles. The molecule has 0 bridgehead atoms. The van der Waals surface area contributed by atoms with Crippen LogP contribution in [0.25, 0.3) is 0 Å². The summed E-state index contributed by atoms with van der Waals surface area (Å²) in [7, 11) is 0. The second-order valence-corrected chi connectivity index (χ2v) is 4.41. The number of benzene rings is 1. The van der Waals surface area contributed by atoms with E-state index in [1.807, 2.05) is 0 Å². The summed E-state index contributed by atoms with van der Waals surface area (Å²) in [6.45, 7) is 4.17. The zero-order valence-electron chi connectivity index (χ0n) is 10.1. The lowest BCUT2D eigenvalue weighted by Gasteiger charge is -2.07. The lowest BCUT2D eigenvalue weighted by atomic mass is 10.1. The summed E-state index contributed by atoms with van der Waals surface area (Å²) in [6, 6.07) is 6.42. The first-order valence-corrected chi connectivity index (χ1v) is 6.40. The maximum Gasteiger partial charge on any atom is 0.122 e. The van der Waals surface area contributed by atoms with Crippen LogP contribution in [-0.4, -0.2) is 13.2 Å². The molecule has 1 aliphatic heterocycles. The Hall–Kier alpha value is -1.18. The zero-order valence-corrected chi connectivity index (χ0v) is 10.1. The van der Waals surface area contributed by atoms with Crippen molar-refractivity contribution in [1.82, 2.24) is 0 Å². The van der Waals surface area contributed by atoms with Crippen molar-refractivity contribution < 1.29 is 4.74 Å². The van der Waals surface area contributed by atoms with Crippen LogP contribution in [0.4, 0.5) is 5.69 Å². The van der Waals surface area contributed by atoms with Crippen molar-refractivity contribution in [3.8, 4) is 5.75 Å². The molecule has 0 spiro atoms. The summed E-state index contributed by atoms with van der Waals surface area (Å²) in [5.41, 5.74) is 2.58. The van der Waals surface area contributed by atoms with Gasteiger partial charge in [0.05, 0.1) is 6.61 Å². The third-order valence-electron chi connectivity index (χ3n) is 3.05. The van der Waals surface area contributed by atoms with Crippen molar-refractivity contribution in [2.45, 2.75) is 39.0 Å². The number of ether oxygens (including phenoxy) is 1. The molecule has 1 N–H and O–H groups in total. The smallest absolute Gasteiger partial charge is 0.122 e. The van der Waals surface area contributed by atoms with Gasteiger partial charge in [-0.2, -0.15) is 0 Å². The first-order chi connectivity index (χ1) is 7.90. The molecular weight excluding hydrogens is 198 g/mol. The number of hydrogen-bond acceptors (Lipinski definition) is 2. The van der Waals surface area contributed by atoms with Crippen molar-refractivity contribution in [1.29, 1.82) is 0 Å². The van der Waals surface area contributed by atoms with Gasteiger partial charge in [-0.25, -0.2) is 0 Å². The molecule has 0 fully saturated rings. The number of rotatable bonds is 6. The van der Waals surface area contributed by atoms with Gasteiger partial charge in [-0.15, -0.1) is 0 Å². The van der Waals surface area contributed by atoms with Crippen LogP contribution >= 0.6 is 0 Å². The standard InChI is InChI=1S/C14H21NO/c1-2-3-4-5-9-15-13-6-7-14-12(11-13)8-10-16-14/h6-7,11,15H,2-5,8-10H2,1H3. The number of anilines is 1. The minimum Gasteiger partial charge on any atom is -0.493 e. The lowest BCUT2D eigenvalue weighted by molar-refractivity contribution is 0.357. The monoisotopic (exact) mass is 219 g/mol. The van der Waals surface area contributed by atoms with Crippen LogP contribution in [0.2, 0.25) is 0 Å². The molecule has 0 saturated carbocycles. The topological polar surface area (TPSA) is 21.3 Å². The molecule has 0 saturated heterocycles. The Morgan fingerprint density at radius 3 is 3.06 bits per heavy atom. The Kier molecular flexibility index (Phi) is 4.09. The summed E-state index contributed by atoms with van der Waals surface area (Å²) >= 11 is 0. The number of nitrogens with one attached hydrogen (secondary N) is 1. The van der Waals surface area contributed by atoms with Gasteiger partial charge >= 0.3 is 0 Å². The Morgan fingerprint density at radius 1 is 1.25 bits per heavy atom. The van der Waals surface area contributed by atoms with Gasteiger partial charge in [0.2, 0.25) is 0 Å². The van der Waals surface area contributed by atoms with Crippen LogP contribution in [0, 0.1) is 0 Å². The highest BCUT2D eigenvalue weighted by Crippen LogP contribution is 2.27. The van der Waals surface area contributed by atoms with Crippen molar-refractivity contribution in [2.75, 3.05) is 18.5 Å². The fourth-order valence-electron chi connectivity index (χ4n) is 2.08. The minimum absolute atomic E-state index is 0.843. The third-order valence-corrected chi connectivity index (χ3v) is 3.05. The molecule has 88 valence electrons. The van der Waals surface area contributed by atoms with Gasteiger partial charge in [0.15, 0.2) is 0 Å². The fraction of sp³-hybridized carbons (Fsp3) is 0.571. The molecule has 16 heavy (non-hydrogen) atoms. The summed E-state index contributed by atoms with van der Waals surface area (Å²) in [6.07, 6.45) is 6.30. The van der Waals surface area contributed by atoms with Crippen LogP contribution in [0.1, 0.15) is 38.2 Å². The zero-order chi connectivity index (χ0) is 11.2. The Morgan fingerprint density at radius 2 is 2.19 bits per heavy atom. The van der Waals surface area contributed by atoms with E-state index in [2.05, 4.69) is 30.4 Å². The maximum absolute atomic E-state index is 5.48. The average molecular weight is 219 g/mol. The normalized spacial score (nSPS) is 13.3. The number of unbranched alkanes of at least 4 members (excludes halogenated alkanes) is 3. The lowest BCUT2D eigenvalue weighted by Crippen LogP contribution is -2.01. The molecule has 1 aromatic rings. The van der Waals surface area contributed by atoms with Gasteiger partial charge in [0, 0.05) is 18.7 Å². The first-order valence-electron chi connectivity index (χ1n) is 6.40. The summed E-state index contributed by atoms with van der Waals surface area (Å²) < 4.78 is 5.48. The Balaban J connectivity index is 1.77. The van der Waals surface area contributed by atoms with E-state index < -0.39 is 0 Å². The quantitative estimate of drug-likeness (QED) is 0.738. The van der Waals surface area contributed by atoms with E-state index in [4.69, 9.17) is 4.74 Å². The molecule has 2 rings (SSSR count). The Bertz CT molecular complexity index is 336. The van der Waals surface area contributed by atoms with E-state index in [0.717, 1.165) is 25.3 Å². The summed E-state index contributed by atoms with van der Waals surface area (Å²) in [5.74, 6) is 1.07. The second kappa shape index (κ2) is 5.78. The third kappa shape index (κ3) is 2.91. The largest absolute Gasteiger partial charge is 0.493 e. The van der Waals surface area contributed by atoms with Crippen LogP contribution < -0.4 is 10.1 Å². The van der Waals surface area contributed by atoms with E-state index in [-0.39, 0.29) is 0 Å². The molecule has 0 aromatic heterocycles. The molecule has 2 heteroatoms. The highest BCUT2D eigenvalue weighted by Gasteiger charge is 2.11. The van der Waals surface area contributed by atoms with Gasteiger partial charge in [-0.05, 0) is 30.2 Å². The highest BCUT2D eigenvalue weighted by molar-refractivity contribution is 5.52.